The number of nitriles is 1. The second-order valence-electron chi connectivity index (χ2n) is 5.14. The summed E-state index contributed by atoms with van der Waals surface area (Å²) in [6.45, 7) is 2.96. The minimum atomic E-state index is -1.07. The second kappa shape index (κ2) is 6.19. The summed E-state index contributed by atoms with van der Waals surface area (Å²) in [6.07, 6.45) is 2.23. The lowest BCUT2D eigenvalue weighted by atomic mass is 10.1. The molecule has 20 heavy (non-hydrogen) atoms. The van der Waals surface area contributed by atoms with Crippen molar-refractivity contribution in [3.63, 3.8) is 0 Å². The van der Waals surface area contributed by atoms with Gasteiger partial charge in [-0.1, -0.05) is 0 Å². The third-order valence-electron chi connectivity index (χ3n) is 3.82. The van der Waals surface area contributed by atoms with Crippen molar-refractivity contribution < 1.29 is 13.5 Å². The lowest BCUT2D eigenvalue weighted by molar-refractivity contribution is 0.202. The van der Waals surface area contributed by atoms with Gasteiger partial charge in [0.2, 0.25) is 0 Å². The number of nitrogens with zero attached hydrogens (tertiary/aromatic N) is 2. The van der Waals surface area contributed by atoms with E-state index in [9.17, 15) is 8.78 Å². The van der Waals surface area contributed by atoms with Gasteiger partial charge in [0.25, 0.3) is 0 Å². The Labute approximate surface area is 117 Å². The molecule has 0 aromatic heterocycles. The molecule has 0 heterocycles. The zero-order chi connectivity index (χ0) is 14.7. The van der Waals surface area contributed by atoms with Crippen LogP contribution in [0.3, 0.4) is 0 Å². The highest BCUT2D eigenvalue weighted by Gasteiger charge is 2.33. The minimum Gasteiger partial charge on any atom is -0.383 e. The van der Waals surface area contributed by atoms with E-state index in [2.05, 4.69) is 0 Å². The van der Waals surface area contributed by atoms with Crippen LogP contribution in [-0.2, 0) is 4.74 Å². The summed E-state index contributed by atoms with van der Waals surface area (Å²) in [5, 5.41) is 8.73. The molecule has 108 valence electrons. The maximum absolute atomic E-state index is 14.2. The number of anilines is 1. The van der Waals surface area contributed by atoms with Crippen molar-refractivity contribution in [1.82, 2.24) is 0 Å². The van der Waals surface area contributed by atoms with Crippen LogP contribution in [0.4, 0.5) is 14.5 Å². The standard InChI is InChI=1S/C15H18F2N2O/c1-10(11-3-4-11)19(7-8-20-2)13-6-5-12(9-18)14(16)15(13)17/h5-6,10-11H,3-4,7-8H2,1-2H3. The predicted octanol–water partition coefficient (Wildman–Crippen LogP) is 3.09. The number of benzene rings is 1. The second-order valence-corrected chi connectivity index (χ2v) is 5.14. The maximum Gasteiger partial charge on any atom is 0.183 e. The maximum atomic E-state index is 14.2. The molecule has 1 aromatic rings. The fraction of sp³-hybridized carbons (Fsp3) is 0.533. The van der Waals surface area contributed by atoms with E-state index < -0.39 is 11.6 Å². The molecule has 1 aliphatic carbocycles. The first-order valence-corrected chi connectivity index (χ1v) is 6.73. The first-order valence-electron chi connectivity index (χ1n) is 6.73. The van der Waals surface area contributed by atoms with Gasteiger partial charge in [-0.2, -0.15) is 5.26 Å². The molecule has 1 unspecified atom stereocenters. The zero-order valence-corrected chi connectivity index (χ0v) is 11.7. The first-order chi connectivity index (χ1) is 9.60. The molecule has 0 aliphatic heterocycles. The van der Waals surface area contributed by atoms with E-state index in [1.54, 1.807) is 13.2 Å². The largest absolute Gasteiger partial charge is 0.383 e. The number of methoxy groups -OCH3 is 1. The molecule has 0 saturated heterocycles. The van der Waals surface area contributed by atoms with Gasteiger partial charge in [-0.05, 0) is 37.8 Å². The summed E-state index contributed by atoms with van der Waals surface area (Å²) in [4.78, 5) is 1.83. The van der Waals surface area contributed by atoms with Crippen LogP contribution in [0, 0.1) is 28.9 Å². The molecule has 0 N–H and O–H groups in total. The first kappa shape index (κ1) is 14.7. The van der Waals surface area contributed by atoms with Gasteiger partial charge in [0, 0.05) is 19.7 Å². The molecular weight excluding hydrogens is 262 g/mol. The molecule has 0 amide bonds. The lowest BCUT2D eigenvalue weighted by Crippen LogP contribution is -2.38. The number of rotatable bonds is 6. The van der Waals surface area contributed by atoms with Crippen molar-refractivity contribution in [1.29, 1.82) is 5.26 Å². The van der Waals surface area contributed by atoms with Gasteiger partial charge < -0.3 is 9.64 Å². The number of hydrogen-bond donors (Lipinski definition) is 0. The normalized spacial score (nSPS) is 15.8. The molecule has 2 rings (SSSR count). The predicted molar refractivity (Wildman–Crippen MR) is 72.5 cm³/mol. The smallest absolute Gasteiger partial charge is 0.183 e. The van der Waals surface area contributed by atoms with Crippen molar-refractivity contribution in [2.45, 2.75) is 25.8 Å². The summed E-state index contributed by atoms with van der Waals surface area (Å²) in [5.41, 5.74) is -0.0602. The van der Waals surface area contributed by atoms with Gasteiger partial charge in [-0.3, -0.25) is 0 Å². The number of halogens is 2. The van der Waals surface area contributed by atoms with Gasteiger partial charge >= 0.3 is 0 Å². The van der Waals surface area contributed by atoms with Crippen LogP contribution < -0.4 is 4.90 Å². The summed E-state index contributed by atoms with van der Waals surface area (Å²) in [7, 11) is 1.58. The van der Waals surface area contributed by atoms with Crippen LogP contribution in [0.2, 0.25) is 0 Å². The number of ether oxygens (including phenoxy) is 1. The Morgan fingerprint density at radius 3 is 2.65 bits per heavy atom. The number of hydrogen-bond acceptors (Lipinski definition) is 3. The Morgan fingerprint density at radius 1 is 1.40 bits per heavy atom. The summed E-state index contributed by atoms with van der Waals surface area (Å²) in [6, 6.07) is 4.59. The average molecular weight is 280 g/mol. The van der Waals surface area contributed by atoms with Crippen molar-refractivity contribution >= 4 is 5.69 Å². The van der Waals surface area contributed by atoms with Crippen molar-refractivity contribution in [2.75, 3.05) is 25.2 Å². The molecular formula is C15H18F2N2O. The highest BCUT2D eigenvalue weighted by atomic mass is 19.2. The summed E-state index contributed by atoms with van der Waals surface area (Å²) in [5.74, 6) is -1.51. The Bertz CT molecular complexity index is 523. The van der Waals surface area contributed by atoms with Crippen LogP contribution >= 0.6 is 0 Å². The van der Waals surface area contributed by atoms with Crippen LogP contribution in [0.15, 0.2) is 12.1 Å². The van der Waals surface area contributed by atoms with Crippen LogP contribution in [0.25, 0.3) is 0 Å². The highest BCUT2D eigenvalue weighted by Crippen LogP contribution is 2.37. The molecule has 1 atom stereocenters. The van der Waals surface area contributed by atoms with Crippen LogP contribution in [0.1, 0.15) is 25.3 Å². The third-order valence-corrected chi connectivity index (χ3v) is 3.82. The van der Waals surface area contributed by atoms with E-state index in [4.69, 9.17) is 10.00 Å². The quantitative estimate of drug-likeness (QED) is 0.803. The third kappa shape index (κ3) is 2.91. The van der Waals surface area contributed by atoms with Crippen molar-refractivity contribution in [3.05, 3.63) is 29.3 Å². The monoisotopic (exact) mass is 280 g/mol. The van der Waals surface area contributed by atoms with E-state index in [-0.39, 0.29) is 17.3 Å². The fourth-order valence-corrected chi connectivity index (χ4v) is 2.41. The van der Waals surface area contributed by atoms with E-state index in [0.29, 0.717) is 19.1 Å². The topological polar surface area (TPSA) is 36.3 Å². The van der Waals surface area contributed by atoms with E-state index >= 15 is 0 Å². The van der Waals surface area contributed by atoms with Gasteiger partial charge in [-0.25, -0.2) is 8.78 Å². The Morgan fingerprint density at radius 2 is 2.10 bits per heavy atom. The van der Waals surface area contributed by atoms with Gasteiger partial charge in [0.1, 0.15) is 6.07 Å². The SMILES string of the molecule is COCCN(c1ccc(C#N)c(F)c1F)C(C)C1CC1. The molecule has 0 spiro atoms. The minimum absolute atomic E-state index is 0.131. The summed E-state index contributed by atoms with van der Waals surface area (Å²) >= 11 is 0. The van der Waals surface area contributed by atoms with Crippen LogP contribution in [-0.4, -0.2) is 26.3 Å². The van der Waals surface area contributed by atoms with Gasteiger partial charge in [0.05, 0.1) is 17.9 Å². The van der Waals surface area contributed by atoms with Crippen LogP contribution in [0.5, 0.6) is 0 Å². The van der Waals surface area contributed by atoms with E-state index in [1.165, 1.54) is 12.1 Å². The fourth-order valence-electron chi connectivity index (χ4n) is 2.41. The molecule has 0 radical (unpaired) electrons. The molecule has 1 fully saturated rings. The molecule has 3 nitrogen and oxygen atoms in total. The van der Waals surface area contributed by atoms with E-state index in [1.807, 2.05) is 11.8 Å². The van der Waals surface area contributed by atoms with Gasteiger partial charge in [0.15, 0.2) is 11.6 Å². The Kier molecular flexibility index (Phi) is 4.56. The van der Waals surface area contributed by atoms with Crippen molar-refractivity contribution in [3.8, 4) is 6.07 Å². The lowest BCUT2D eigenvalue weighted by Gasteiger charge is -2.31. The molecule has 5 heteroatoms. The average Bonchev–Trinajstić information content (AvgIpc) is 3.28. The molecule has 1 saturated carbocycles. The Hall–Kier alpha value is -1.67. The Balaban J connectivity index is 2.32. The highest BCUT2D eigenvalue weighted by molar-refractivity contribution is 5.53. The molecule has 0 bridgehead atoms. The van der Waals surface area contributed by atoms with Gasteiger partial charge in [-0.15, -0.1) is 0 Å². The van der Waals surface area contributed by atoms with Crippen molar-refractivity contribution in [2.24, 2.45) is 5.92 Å². The molecule has 1 aliphatic rings. The zero-order valence-electron chi connectivity index (χ0n) is 11.7. The van der Waals surface area contributed by atoms with E-state index in [0.717, 1.165) is 12.8 Å². The molecule has 1 aromatic carbocycles. The summed E-state index contributed by atoms with van der Waals surface area (Å²) < 4.78 is 33.0.